The predicted octanol–water partition coefficient (Wildman–Crippen LogP) is 1.82. The zero-order valence-corrected chi connectivity index (χ0v) is 12.2. The highest BCUT2D eigenvalue weighted by Crippen LogP contribution is 2.32. The number of hydrogen-bond donors (Lipinski definition) is 1. The van der Waals surface area contributed by atoms with Crippen LogP contribution in [0.1, 0.15) is 43.8 Å². The maximum atomic E-state index is 11.5. The minimum absolute atomic E-state index is 0.0234. The summed E-state index contributed by atoms with van der Waals surface area (Å²) in [5.74, 6) is 1.14. The minimum Gasteiger partial charge on any atom is -0.375 e. The van der Waals surface area contributed by atoms with Crippen molar-refractivity contribution in [2.75, 3.05) is 19.0 Å². The van der Waals surface area contributed by atoms with Crippen LogP contribution in [0.4, 0.5) is 5.13 Å². The van der Waals surface area contributed by atoms with Gasteiger partial charge in [-0.1, -0.05) is 30.6 Å². The molecule has 0 aromatic carbocycles. The fourth-order valence-corrected chi connectivity index (χ4v) is 3.35. The number of carbonyl (C=O) groups excluding carboxylic acids is 1. The third-order valence-electron chi connectivity index (χ3n) is 3.51. The van der Waals surface area contributed by atoms with Crippen LogP contribution in [0, 0.1) is 0 Å². The Morgan fingerprint density at radius 2 is 2.20 bits per heavy atom. The van der Waals surface area contributed by atoms with Crippen molar-refractivity contribution in [2.24, 2.45) is 0 Å². The molecule has 0 aliphatic heterocycles. The average Bonchev–Trinajstić information content (AvgIpc) is 2.99. The van der Waals surface area contributed by atoms with E-state index in [-0.39, 0.29) is 12.5 Å². The van der Waals surface area contributed by atoms with Gasteiger partial charge in [0, 0.05) is 13.0 Å². The maximum Gasteiger partial charge on any atom is 0.252 e. The number of anilines is 1. The number of nitrogens with zero attached hydrogens (tertiary/aromatic N) is 4. The molecule has 108 valence electrons. The van der Waals surface area contributed by atoms with Gasteiger partial charge in [0.1, 0.15) is 6.61 Å². The van der Waals surface area contributed by atoms with Crippen LogP contribution in [0.2, 0.25) is 0 Å². The first-order valence-corrected chi connectivity index (χ1v) is 7.60. The Morgan fingerprint density at radius 3 is 2.95 bits per heavy atom. The van der Waals surface area contributed by atoms with Crippen molar-refractivity contribution in [3.8, 4) is 0 Å². The molecule has 0 radical (unpaired) electrons. The number of nitrogens with one attached hydrogen (secondary N) is 1. The number of amides is 1. The second-order valence-corrected chi connectivity index (χ2v) is 5.93. The molecule has 8 heteroatoms. The summed E-state index contributed by atoms with van der Waals surface area (Å²) in [7, 11) is 1.49. The number of fused-ring (bicyclic) bond motifs is 1. The third-order valence-corrected chi connectivity index (χ3v) is 4.32. The molecule has 0 atom stereocenters. The number of ether oxygens (including phenoxy) is 1. The minimum atomic E-state index is -0.211. The highest BCUT2D eigenvalue weighted by Gasteiger charge is 2.23. The van der Waals surface area contributed by atoms with Crippen molar-refractivity contribution in [2.45, 2.75) is 38.0 Å². The van der Waals surface area contributed by atoms with Crippen LogP contribution in [0.3, 0.4) is 0 Å². The average molecular weight is 295 g/mol. The highest BCUT2D eigenvalue weighted by molar-refractivity contribution is 7.20. The molecule has 20 heavy (non-hydrogen) atoms. The van der Waals surface area contributed by atoms with Crippen molar-refractivity contribution in [1.82, 2.24) is 19.8 Å². The van der Waals surface area contributed by atoms with E-state index in [0.717, 1.165) is 23.6 Å². The lowest BCUT2D eigenvalue weighted by molar-refractivity contribution is -0.119. The summed E-state index contributed by atoms with van der Waals surface area (Å²) >= 11 is 1.33. The quantitative estimate of drug-likeness (QED) is 0.930. The lowest BCUT2D eigenvalue weighted by Crippen LogP contribution is -2.17. The van der Waals surface area contributed by atoms with E-state index in [1.807, 2.05) is 0 Å². The van der Waals surface area contributed by atoms with E-state index < -0.39 is 0 Å². The topological polar surface area (TPSA) is 81.4 Å². The second kappa shape index (κ2) is 5.84. The first-order chi connectivity index (χ1) is 9.78. The zero-order chi connectivity index (χ0) is 13.9. The standard InChI is InChI=1S/C12H17N5O2S/c1-19-7-9(18)13-11-16-17-10(14-15-12(17)20-11)8-5-3-2-4-6-8/h8H,2-7H2,1H3,(H,13,16,18). The summed E-state index contributed by atoms with van der Waals surface area (Å²) in [5, 5.41) is 16.0. The third kappa shape index (κ3) is 2.66. The van der Waals surface area contributed by atoms with Crippen molar-refractivity contribution >= 4 is 27.3 Å². The Kier molecular flexibility index (Phi) is 3.93. The molecule has 1 fully saturated rings. The van der Waals surface area contributed by atoms with Gasteiger partial charge in [-0.15, -0.1) is 15.3 Å². The fourth-order valence-electron chi connectivity index (χ4n) is 2.58. The number of aromatic nitrogens is 4. The van der Waals surface area contributed by atoms with Gasteiger partial charge < -0.3 is 4.74 Å². The van der Waals surface area contributed by atoms with Gasteiger partial charge in [-0.05, 0) is 12.8 Å². The molecule has 7 nitrogen and oxygen atoms in total. The summed E-state index contributed by atoms with van der Waals surface area (Å²) < 4.78 is 6.55. The SMILES string of the molecule is COCC(=O)Nc1nn2c(C3CCCCC3)nnc2s1. The maximum absolute atomic E-state index is 11.5. The number of carbonyl (C=O) groups is 1. The van der Waals surface area contributed by atoms with Gasteiger partial charge in [0.05, 0.1) is 0 Å². The molecular weight excluding hydrogens is 278 g/mol. The van der Waals surface area contributed by atoms with Crippen LogP contribution in [-0.2, 0) is 9.53 Å². The highest BCUT2D eigenvalue weighted by atomic mass is 32.1. The second-order valence-electron chi connectivity index (χ2n) is 4.98. The Bertz CT molecular complexity index is 602. The smallest absolute Gasteiger partial charge is 0.252 e. The van der Waals surface area contributed by atoms with E-state index in [9.17, 15) is 4.79 Å². The molecule has 2 heterocycles. The van der Waals surface area contributed by atoms with Crippen LogP contribution in [0.15, 0.2) is 0 Å². The van der Waals surface area contributed by atoms with Crippen LogP contribution in [0.25, 0.3) is 4.96 Å². The normalized spacial score (nSPS) is 16.6. The summed E-state index contributed by atoms with van der Waals surface area (Å²) in [6, 6.07) is 0. The van der Waals surface area contributed by atoms with Gasteiger partial charge >= 0.3 is 0 Å². The van der Waals surface area contributed by atoms with Gasteiger partial charge in [-0.25, -0.2) is 0 Å². The van der Waals surface area contributed by atoms with E-state index >= 15 is 0 Å². The molecule has 0 saturated heterocycles. The summed E-state index contributed by atoms with van der Waals surface area (Å²) in [6.07, 6.45) is 6.06. The molecule has 1 N–H and O–H groups in total. The van der Waals surface area contributed by atoms with E-state index in [1.165, 1.54) is 37.7 Å². The molecule has 2 aromatic heterocycles. The summed E-state index contributed by atoms with van der Waals surface area (Å²) in [5.41, 5.74) is 0. The monoisotopic (exact) mass is 295 g/mol. The van der Waals surface area contributed by atoms with Crippen molar-refractivity contribution < 1.29 is 9.53 Å². The molecule has 0 bridgehead atoms. The van der Waals surface area contributed by atoms with Crippen LogP contribution in [-0.4, -0.2) is 39.4 Å². The Hall–Kier alpha value is -1.54. The summed E-state index contributed by atoms with van der Waals surface area (Å²) in [6.45, 7) is 0.0234. The largest absolute Gasteiger partial charge is 0.375 e. The van der Waals surface area contributed by atoms with Crippen LogP contribution >= 0.6 is 11.3 Å². The van der Waals surface area contributed by atoms with Crippen molar-refractivity contribution in [3.63, 3.8) is 0 Å². The zero-order valence-electron chi connectivity index (χ0n) is 11.3. The molecule has 2 aromatic rings. The van der Waals surface area contributed by atoms with Crippen LogP contribution in [0.5, 0.6) is 0 Å². The van der Waals surface area contributed by atoms with Crippen molar-refractivity contribution in [1.29, 1.82) is 0 Å². The van der Waals surface area contributed by atoms with Gasteiger partial charge in [-0.2, -0.15) is 4.52 Å². The first-order valence-electron chi connectivity index (χ1n) is 6.79. The Labute approximate surface area is 120 Å². The molecule has 1 amide bonds. The fraction of sp³-hybridized carbons (Fsp3) is 0.667. The van der Waals surface area contributed by atoms with Gasteiger partial charge in [-0.3, -0.25) is 10.1 Å². The molecular formula is C12H17N5O2S. The summed E-state index contributed by atoms with van der Waals surface area (Å²) in [4.78, 5) is 12.2. The molecule has 0 spiro atoms. The molecule has 3 rings (SSSR count). The lowest BCUT2D eigenvalue weighted by Gasteiger charge is -2.18. The first kappa shape index (κ1) is 13.4. The molecule has 1 aliphatic rings. The van der Waals surface area contributed by atoms with E-state index in [2.05, 4.69) is 20.6 Å². The number of rotatable bonds is 4. The van der Waals surface area contributed by atoms with Gasteiger partial charge in [0.25, 0.3) is 5.91 Å². The molecule has 0 unspecified atom stereocenters. The lowest BCUT2D eigenvalue weighted by atomic mass is 9.89. The molecule has 1 aliphatic carbocycles. The predicted molar refractivity (Wildman–Crippen MR) is 75.0 cm³/mol. The Balaban J connectivity index is 1.81. The van der Waals surface area contributed by atoms with E-state index in [4.69, 9.17) is 4.74 Å². The van der Waals surface area contributed by atoms with Crippen LogP contribution < -0.4 is 5.32 Å². The van der Waals surface area contributed by atoms with Gasteiger partial charge in [0.2, 0.25) is 10.1 Å². The number of methoxy groups -OCH3 is 1. The molecule has 1 saturated carbocycles. The van der Waals surface area contributed by atoms with E-state index in [0.29, 0.717) is 11.0 Å². The number of hydrogen-bond acceptors (Lipinski definition) is 6. The van der Waals surface area contributed by atoms with Crippen molar-refractivity contribution in [3.05, 3.63) is 5.82 Å². The van der Waals surface area contributed by atoms with Gasteiger partial charge in [0.15, 0.2) is 5.82 Å². The van der Waals surface area contributed by atoms with E-state index in [1.54, 1.807) is 4.52 Å². The Morgan fingerprint density at radius 1 is 1.40 bits per heavy atom.